The number of nitrogens with zero attached hydrogens (tertiary/aromatic N) is 5. The maximum atomic E-state index is 13.2. The number of halogens is 1. The molecule has 0 fully saturated rings. The van der Waals surface area contributed by atoms with Crippen molar-refractivity contribution >= 4 is 5.96 Å². The molecule has 0 atom stereocenters. The fourth-order valence-corrected chi connectivity index (χ4v) is 2.38. The molecule has 1 aromatic carbocycles. The molecule has 7 heteroatoms. The average Bonchev–Trinajstić information content (AvgIpc) is 2.95. The van der Waals surface area contributed by atoms with Crippen LogP contribution in [0.3, 0.4) is 0 Å². The van der Waals surface area contributed by atoms with E-state index in [0.29, 0.717) is 13.1 Å². The van der Waals surface area contributed by atoms with Crippen molar-refractivity contribution in [2.45, 2.75) is 26.3 Å². The zero-order valence-electron chi connectivity index (χ0n) is 14.5. The summed E-state index contributed by atoms with van der Waals surface area (Å²) in [4.78, 5) is 10.9. The molecule has 0 aliphatic carbocycles. The van der Waals surface area contributed by atoms with E-state index in [1.54, 1.807) is 23.1 Å². The van der Waals surface area contributed by atoms with Crippen molar-refractivity contribution in [3.63, 3.8) is 0 Å². The lowest BCUT2D eigenvalue weighted by Gasteiger charge is -2.21. The van der Waals surface area contributed by atoms with Crippen LogP contribution < -0.4 is 5.32 Å². The normalized spacial score (nSPS) is 11.6. The Morgan fingerprint density at radius 2 is 2.25 bits per heavy atom. The molecule has 0 saturated carbocycles. The van der Waals surface area contributed by atoms with Gasteiger partial charge in [-0.2, -0.15) is 5.10 Å². The molecule has 0 spiro atoms. The minimum absolute atomic E-state index is 0.187. The van der Waals surface area contributed by atoms with Crippen molar-refractivity contribution in [2.75, 3.05) is 20.1 Å². The Kier molecular flexibility index (Phi) is 6.72. The highest BCUT2D eigenvalue weighted by molar-refractivity contribution is 5.79. The Morgan fingerprint density at radius 1 is 1.42 bits per heavy atom. The molecular formula is C17H25FN6. The Bertz CT molecular complexity index is 667. The summed E-state index contributed by atoms with van der Waals surface area (Å²) in [5, 5.41) is 7.36. The summed E-state index contributed by atoms with van der Waals surface area (Å²) in [6.07, 6.45) is 3.23. The quantitative estimate of drug-likeness (QED) is 0.478. The second kappa shape index (κ2) is 9.00. The number of rotatable bonds is 7. The van der Waals surface area contributed by atoms with Crippen molar-refractivity contribution < 1.29 is 4.39 Å². The molecule has 0 unspecified atom stereocenters. The fraction of sp³-hybridized carbons (Fsp3) is 0.471. The standard InChI is InChI=1S/C17H25FN6/c1-4-19-17(23(2)12-16-21-13-22-24(16)3)20-10-6-8-14-7-5-9-15(18)11-14/h5,7,9,11,13H,4,6,8,10,12H2,1-3H3,(H,19,20). The van der Waals surface area contributed by atoms with Crippen molar-refractivity contribution in [3.05, 3.63) is 47.8 Å². The van der Waals surface area contributed by atoms with Gasteiger partial charge in [0.25, 0.3) is 0 Å². The molecule has 0 aliphatic rings. The minimum atomic E-state index is -0.187. The highest BCUT2D eigenvalue weighted by atomic mass is 19.1. The number of nitrogens with one attached hydrogen (secondary N) is 1. The predicted octanol–water partition coefficient (Wildman–Crippen LogP) is 1.98. The number of aryl methyl sites for hydroxylation is 2. The molecule has 2 rings (SSSR count). The number of guanidine groups is 1. The summed E-state index contributed by atoms with van der Waals surface area (Å²) in [6.45, 7) is 4.15. The van der Waals surface area contributed by atoms with E-state index < -0.39 is 0 Å². The average molecular weight is 332 g/mol. The van der Waals surface area contributed by atoms with Crippen LogP contribution in [0.4, 0.5) is 4.39 Å². The Morgan fingerprint density at radius 3 is 2.92 bits per heavy atom. The van der Waals surface area contributed by atoms with E-state index in [1.165, 1.54) is 6.07 Å². The van der Waals surface area contributed by atoms with Crippen LogP contribution in [0.5, 0.6) is 0 Å². The van der Waals surface area contributed by atoms with Crippen LogP contribution >= 0.6 is 0 Å². The van der Waals surface area contributed by atoms with Gasteiger partial charge >= 0.3 is 0 Å². The first-order valence-corrected chi connectivity index (χ1v) is 8.17. The molecular weight excluding hydrogens is 307 g/mol. The van der Waals surface area contributed by atoms with Crippen LogP contribution in [-0.2, 0) is 20.0 Å². The van der Waals surface area contributed by atoms with Gasteiger partial charge in [-0.15, -0.1) is 0 Å². The number of benzene rings is 1. The first-order chi connectivity index (χ1) is 11.6. The molecule has 0 amide bonds. The second-order valence-electron chi connectivity index (χ2n) is 5.63. The van der Waals surface area contributed by atoms with Crippen molar-refractivity contribution in [1.29, 1.82) is 0 Å². The minimum Gasteiger partial charge on any atom is -0.357 e. The molecule has 1 aromatic heterocycles. The van der Waals surface area contributed by atoms with Gasteiger partial charge in [0.2, 0.25) is 0 Å². The van der Waals surface area contributed by atoms with Crippen molar-refractivity contribution in [2.24, 2.45) is 12.0 Å². The van der Waals surface area contributed by atoms with Gasteiger partial charge in [0.05, 0.1) is 6.54 Å². The lowest BCUT2D eigenvalue weighted by molar-refractivity contribution is 0.448. The molecule has 0 radical (unpaired) electrons. The highest BCUT2D eigenvalue weighted by Crippen LogP contribution is 2.06. The van der Waals surface area contributed by atoms with E-state index in [1.807, 2.05) is 32.0 Å². The van der Waals surface area contributed by atoms with Crippen LogP contribution in [0.15, 0.2) is 35.6 Å². The van der Waals surface area contributed by atoms with Crippen LogP contribution in [0, 0.1) is 5.82 Å². The van der Waals surface area contributed by atoms with E-state index >= 15 is 0 Å². The summed E-state index contributed by atoms with van der Waals surface area (Å²) in [6, 6.07) is 6.73. The number of hydrogen-bond acceptors (Lipinski definition) is 3. The summed E-state index contributed by atoms with van der Waals surface area (Å²) >= 11 is 0. The third-order valence-electron chi connectivity index (χ3n) is 3.65. The lowest BCUT2D eigenvalue weighted by Crippen LogP contribution is -2.39. The van der Waals surface area contributed by atoms with Gasteiger partial charge in [0.1, 0.15) is 18.0 Å². The van der Waals surface area contributed by atoms with Crippen molar-refractivity contribution in [3.8, 4) is 0 Å². The number of hydrogen-bond donors (Lipinski definition) is 1. The van der Waals surface area contributed by atoms with Crippen LogP contribution in [0.2, 0.25) is 0 Å². The summed E-state index contributed by atoms with van der Waals surface area (Å²) < 4.78 is 14.9. The van der Waals surface area contributed by atoms with Crippen molar-refractivity contribution in [1.82, 2.24) is 25.0 Å². The lowest BCUT2D eigenvalue weighted by atomic mass is 10.1. The number of aliphatic imine (C=N–C) groups is 1. The van der Waals surface area contributed by atoms with Crippen LogP contribution in [0.1, 0.15) is 24.7 Å². The second-order valence-corrected chi connectivity index (χ2v) is 5.63. The topological polar surface area (TPSA) is 58.3 Å². The molecule has 2 aromatic rings. The molecule has 1 N–H and O–H groups in total. The zero-order chi connectivity index (χ0) is 17.4. The summed E-state index contributed by atoms with van der Waals surface area (Å²) in [7, 11) is 3.85. The molecule has 0 bridgehead atoms. The highest BCUT2D eigenvalue weighted by Gasteiger charge is 2.09. The maximum absolute atomic E-state index is 13.2. The van der Waals surface area contributed by atoms with Gasteiger partial charge in [-0.1, -0.05) is 12.1 Å². The Hall–Kier alpha value is -2.44. The Balaban J connectivity index is 1.88. The van der Waals surface area contributed by atoms with Crippen LogP contribution in [-0.4, -0.2) is 45.8 Å². The zero-order valence-corrected chi connectivity index (χ0v) is 14.5. The molecule has 1 heterocycles. The third kappa shape index (κ3) is 5.33. The predicted molar refractivity (Wildman–Crippen MR) is 93.2 cm³/mol. The molecule has 130 valence electrons. The third-order valence-corrected chi connectivity index (χ3v) is 3.65. The number of aromatic nitrogens is 3. The Labute approximate surface area is 142 Å². The summed E-state index contributed by atoms with van der Waals surface area (Å²) in [5.74, 6) is 1.52. The molecule has 0 aliphatic heterocycles. The SMILES string of the molecule is CCNC(=NCCCc1cccc(F)c1)N(C)Cc1ncnn1C. The fourth-order valence-electron chi connectivity index (χ4n) is 2.38. The monoisotopic (exact) mass is 332 g/mol. The van der Waals surface area contributed by atoms with E-state index in [9.17, 15) is 4.39 Å². The first kappa shape index (κ1) is 17.9. The van der Waals surface area contributed by atoms with Gasteiger partial charge in [-0.3, -0.25) is 9.67 Å². The largest absolute Gasteiger partial charge is 0.357 e. The van der Waals surface area contributed by atoms with Crippen LogP contribution in [0.25, 0.3) is 0 Å². The van der Waals surface area contributed by atoms with E-state index in [0.717, 1.165) is 36.7 Å². The summed E-state index contributed by atoms with van der Waals surface area (Å²) in [5.41, 5.74) is 1.00. The maximum Gasteiger partial charge on any atom is 0.194 e. The van der Waals surface area contributed by atoms with Gasteiger partial charge < -0.3 is 10.2 Å². The van der Waals surface area contributed by atoms with Gasteiger partial charge in [-0.25, -0.2) is 9.37 Å². The molecule has 6 nitrogen and oxygen atoms in total. The van der Waals surface area contributed by atoms with E-state index in [-0.39, 0.29) is 5.82 Å². The van der Waals surface area contributed by atoms with Gasteiger partial charge in [-0.05, 0) is 37.5 Å². The van der Waals surface area contributed by atoms with Gasteiger partial charge in [0, 0.05) is 27.2 Å². The molecule has 24 heavy (non-hydrogen) atoms. The van der Waals surface area contributed by atoms with E-state index in [4.69, 9.17) is 0 Å². The molecule has 0 saturated heterocycles. The smallest absolute Gasteiger partial charge is 0.194 e. The van der Waals surface area contributed by atoms with Gasteiger partial charge in [0.15, 0.2) is 5.96 Å². The first-order valence-electron chi connectivity index (χ1n) is 8.17. The van der Waals surface area contributed by atoms with E-state index in [2.05, 4.69) is 20.4 Å².